The molecule has 1 aromatic rings. The van der Waals surface area contributed by atoms with Crippen molar-refractivity contribution in [2.45, 2.75) is 18.9 Å². The van der Waals surface area contributed by atoms with Crippen molar-refractivity contribution >= 4 is 10.8 Å². The number of benzene rings is 1. The summed E-state index contributed by atoms with van der Waals surface area (Å²) in [4.78, 5) is 0. The fourth-order valence-corrected chi connectivity index (χ4v) is 3.46. The van der Waals surface area contributed by atoms with Crippen molar-refractivity contribution in [3.63, 3.8) is 0 Å². The Morgan fingerprint density at radius 1 is 1.26 bits per heavy atom. The zero-order valence-electron chi connectivity index (χ0n) is 11.3. The summed E-state index contributed by atoms with van der Waals surface area (Å²) < 4.78 is 22.2. The molecule has 0 bridgehead atoms. The molecule has 0 aliphatic carbocycles. The lowest BCUT2D eigenvalue weighted by molar-refractivity contribution is 0.284. The van der Waals surface area contributed by atoms with Gasteiger partial charge in [0, 0.05) is 34.9 Å². The highest BCUT2D eigenvalue weighted by Crippen LogP contribution is 2.25. The van der Waals surface area contributed by atoms with Crippen LogP contribution < -0.4 is 14.8 Å². The van der Waals surface area contributed by atoms with E-state index >= 15 is 0 Å². The molecule has 0 unspecified atom stereocenters. The highest BCUT2D eigenvalue weighted by molar-refractivity contribution is 7.85. The van der Waals surface area contributed by atoms with Crippen LogP contribution in [0.3, 0.4) is 0 Å². The van der Waals surface area contributed by atoms with Gasteiger partial charge in [0.25, 0.3) is 0 Å². The first-order valence-corrected chi connectivity index (χ1v) is 8.12. The van der Waals surface area contributed by atoms with Crippen molar-refractivity contribution in [3.8, 4) is 11.5 Å². The number of para-hydroxylation sites is 2. The zero-order valence-corrected chi connectivity index (χ0v) is 12.1. The molecule has 0 amide bonds. The maximum absolute atomic E-state index is 11.2. The summed E-state index contributed by atoms with van der Waals surface area (Å²) in [7, 11) is 1.05. The summed E-state index contributed by atoms with van der Waals surface area (Å²) in [6.45, 7) is 1.41. The topological polar surface area (TPSA) is 47.6 Å². The number of hydrogen-bond donors (Lipinski definition) is 1. The molecule has 1 saturated heterocycles. The van der Waals surface area contributed by atoms with Crippen LogP contribution in [0.1, 0.15) is 12.8 Å². The molecular weight excluding hydrogens is 262 g/mol. The molecule has 1 aromatic carbocycles. The van der Waals surface area contributed by atoms with Gasteiger partial charge in [-0.2, -0.15) is 0 Å². The number of rotatable bonds is 6. The van der Waals surface area contributed by atoms with Crippen LogP contribution in [0.4, 0.5) is 0 Å². The minimum absolute atomic E-state index is 0.485. The zero-order chi connectivity index (χ0) is 13.5. The van der Waals surface area contributed by atoms with E-state index in [1.54, 1.807) is 7.11 Å². The quantitative estimate of drug-likeness (QED) is 0.805. The van der Waals surface area contributed by atoms with Crippen molar-refractivity contribution in [1.82, 2.24) is 5.32 Å². The molecule has 0 aromatic heterocycles. The maximum atomic E-state index is 11.2. The van der Waals surface area contributed by atoms with E-state index in [0.717, 1.165) is 42.4 Å². The van der Waals surface area contributed by atoms with Gasteiger partial charge in [-0.1, -0.05) is 12.1 Å². The van der Waals surface area contributed by atoms with Gasteiger partial charge in [-0.25, -0.2) is 0 Å². The Kier molecular flexibility index (Phi) is 5.66. The van der Waals surface area contributed by atoms with Crippen molar-refractivity contribution in [3.05, 3.63) is 24.3 Å². The normalized spacial score (nSPS) is 23.0. The largest absolute Gasteiger partial charge is 0.493 e. The standard InChI is InChI=1S/C14H21NO3S/c1-17-13-4-2-3-5-14(13)18-9-8-15-12-6-10-19(16)11-7-12/h2-5,12,15H,6-11H2,1H3. The fourth-order valence-electron chi connectivity index (χ4n) is 2.16. The number of methoxy groups -OCH3 is 1. The third kappa shape index (κ3) is 4.51. The summed E-state index contributed by atoms with van der Waals surface area (Å²) in [5.74, 6) is 3.18. The van der Waals surface area contributed by atoms with Crippen molar-refractivity contribution < 1.29 is 13.7 Å². The molecule has 1 fully saturated rings. The lowest BCUT2D eigenvalue weighted by Crippen LogP contribution is -2.37. The Bertz CT molecular complexity index is 415. The molecule has 5 heteroatoms. The summed E-state index contributed by atoms with van der Waals surface area (Å²) >= 11 is 0. The molecule has 1 heterocycles. The monoisotopic (exact) mass is 283 g/mol. The Hall–Kier alpha value is -1.07. The molecule has 1 aliphatic heterocycles. The third-order valence-corrected chi connectivity index (χ3v) is 4.63. The summed E-state index contributed by atoms with van der Waals surface area (Å²) in [5.41, 5.74) is 0. The molecule has 0 saturated carbocycles. The van der Waals surface area contributed by atoms with Crippen LogP contribution in [0, 0.1) is 0 Å². The molecule has 106 valence electrons. The average Bonchev–Trinajstić information content (AvgIpc) is 2.46. The second-order valence-corrected chi connectivity index (χ2v) is 6.27. The first-order chi connectivity index (χ1) is 9.29. The Morgan fingerprint density at radius 2 is 1.95 bits per heavy atom. The lowest BCUT2D eigenvalue weighted by atomic mass is 10.1. The Morgan fingerprint density at radius 3 is 2.63 bits per heavy atom. The van der Waals surface area contributed by atoms with Crippen LogP contribution in [0.25, 0.3) is 0 Å². The van der Waals surface area contributed by atoms with Gasteiger partial charge in [0.1, 0.15) is 6.61 Å². The van der Waals surface area contributed by atoms with Crippen LogP contribution in [-0.4, -0.2) is 42.0 Å². The lowest BCUT2D eigenvalue weighted by Gasteiger charge is -2.22. The van der Waals surface area contributed by atoms with E-state index in [9.17, 15) is 4.21 Å². The van der Waals surface area contributed by atoms with Gasteiger partial charge < -0.3 is 14.8 Å². The number of ether oxygens (including phenoxy) is 2. The van der Waals surface area contributed by atoms with Gasteiger partial charge in [0.05, 0.1) is 7.11 Å². The molecule has 0 atom stereocenters. The smallest absolute Gasteiger partial charge is 0.161 e. The third-order valence-electron chi connectivity index (χ3n) is 3.25. The summed E-state index contributed by atoms with van der Waals surface area (Å²) in [5, 5.41) is 3.45. The fraction of sp³-hybridized carbons (Fsp3) is 0.571. The van der Waals surface area contributed by atoms with Gasteiger partial charge in [0.15, 0.2) is 11.5 Å². The Labute approximate surface area is 116 Å². The molecule has 0 spiro atoms. The van der Waals surface area contributed by atoms with Gasteiger partial charge in [-0.05, 0) is 25.0 Å². The first-order valence-electron chi connectivity index (χ1n) is 6.64. The van der Waals surface area contributed by atoms with Crippen LogP contribution in [0.2, 0.25) is 0 Å². The minimum Gasteiger partial charge on any atom is -0.493 e. The Balaban J connectivity index is 1.68. The molecule has 0 radical (unpaired) electrons. The van der Waals surface area contributed by atoms with Gasteiger partial charge in [-0.15, -0.1) is 0 Å². The van der Waals surface area contributed by atoms with E-state index in [4.69, 9.17) is 9.47 Å². The second kappa shape index (κ2) is 7.50. The highest BCUT2D eigenvalue weighted by atomic mass is 32.2. The van der Waals surface area contributed by atoms with Crippen LogP contribution in [0.15, 0.2) is 24.3 Å². The van der Waals surface area contributed by atoms with Gasteiger partial charge >= 0.3 is 0 Å². The summed E-state index contributed by atoms with van der Waals surface area (Å²) in [6, 6.07) is 8.13. The highest BCUT2D eigenvalue weighted by Gasteiger charge is 2.16. The average molecular weight is 283 g/mol. The molecule has 1 N–H and O–H groups in total. The van der Waals surface area contributed by atoms with E-state index < -0.39 is 10.8 Å². The van der Waals surface area contributed by atoms with Crippen molar-refractivity contribution in [2.75, 3.05) is 31.8 Å². The predicted molar refractivity (Wildman–Crippen MR) is 77.4 cm³/mol. The van der Waals surface area contributed by atoms with Crippen LogP contribution in [0.5, 0.6) is 11.5 Å². The van der Waals surface area contributed by atoms with Crippen LogP contribution in [-0.2, 0) is 10.8 Å². The first kappa shape index (κ1) is 14.3. The second-order valence-electron chi connectivity index (χ2n) is 4.58. The van der Waals surface area contributed by atoms with Gasteiger partial charge in [-0.3, -0.25) is 4.21 Å². The SMILES string of the molecule is COc1ccccc1OCCNC1CCS(=O)CC1. The number of hydrogen-bond acceptors (Lipinski definition) is 4. The van der Waals surface area contributed by atoms with Crippen LogP contribution >= 0.6 is 0 Å². The molecule has 4 nitrogen and oxygen atoms in total. The molecule has 1 aliphatic rings. The molecule has 2 rings (SSSR count). The summed E-state index contributed by atoms with van der Waals surface area (Å²) in [6.07, 6.45) is 2.00. The maximum Gasteiger partial charge on any atom is 0.161 e. The van der Waals surface area contributed by atoms with E-state index in [0.29, 0.717) is 12.6 Å². The van der Waals surface area contributed by atoms with Gasteiger partial charge in [0.2, 0.25) is 0 Å². The van der Waals surface area contributed by atoms with E-state index in [1.807, 2.05) is 24.3 Å². The van der Waals surface area contributed by atoms with E-state index in [1.165, 1.54) is 0 Å². The molecular formula is C14H21NO3S. The van der Waals surface area contributed by atoms with Crippen molar-refractivity contribution in [1.29, 1.82) is 0 Å². The van der Waals surface area contributed by atoms with E-state index in [2.05, 4.69) is 5.32 Å². The predicted octanol–water partition coefficient (Wildman–Crippen LogP) is 1.57. The minimum atomic E-state index is -0.590. The van der Waals surface area contributed by atoms with E-state index in [-0.39, 0.29) is 0 Å². The molecule has 19 heavy (non-hydrogen) atoms. The van der Waals surface area contributed by atoms with Crippen molar-refractivity contribution in [2.24, 2.45) is 0 Å². The number of nitrogens with one attached hydrogen (secondary N) is 1.